The standard InChI is InChI=1S/C9H11N3S/c1-5(2)8-7-6(3-13-8)9(10)12-4-11-7/h3-5H,1-2H3,(H2,10,11,12). The Hall–Kier alpha value is -1.16. The molecule has 0 saturated carbocycles. The zero-order valence-corrected chi connectivity index (χ0v) is 8.43. The van der Waals surface area contributed by atoms with Gasteiger partial charge in [-0.15, -0.1) is 11.3 Å². The van der Waals surface area contributed by atoms with Crippen LogP contribution in [0.4, 0.5) is 5.82 Å². The van der Waals surface area contributed by atoms with Crippen molar-refractivity contribution >= 4 is 28.1 Å². The molecule has 0 radical (unpaired) electrons. The van der Waals surface area contributed by atoms with Crippen LogP contribution in [-0.4, -0.2) is 9.97 Å². The van der Waals surface area contributed by atoms with Crippen LogP contribution in [0.15, 0.2) is 11.7 Å². The number of aromatic nitrogens is 2. The molecule has 4 heteroatoms. The summed E-state index contributed by atoms with van der Waals surface area (Å²) >= 11 is 1.70. The monoisotopic (exact) mass is 193 g/mol. The molecular weight excluding hydrogens is 182 g/mol. The SMILES string of the molecule is CC(C)c1scc2c(N)ncnc12. The van der Waals surface area contributed by atoms with Crippen molar-refractivity contribution in [2.24, 2.45) is 0 Å². The Morgan fingerprint density at radius 2 is 2.15 bits per heavy atom. The van der Waals surface area contributed by atoms with Crippen LogP contribution >= 0.6 is 11.3 Å². The van der Waals surface area contributed by atoms with Gasteiger partial charge in [-0.1, -0.05) is 13.8 Å². The lowest BCUT2D eigenvalue weighted by atomic mass is 10.1. The molecule has 2 rings (SSSR count). The third-order valence-corrected chi connectivity index (χ3v) is 3.25. The van der Waals surface area contributed by atoms with E-state index in [0.717, 1.165) is 10.9 Å². The third kappa shape index (κ3) is 1.27. The average molecular weight is 193 g/mol. The number of hydrogen-bond acceptors (Lipinski definition) is 4. The van der Waals surface area contributed by atoms with E-state index in [4.69, 9.17) is 5.73 Å². The van der Waals surface area contributed by atoms with Crippen LogP contribution in [0.1, 0.15) is 24.6 Å². The van der Waals surface area contributed by atoms with Gasteiger partial charge in [-0.05, 0) is 5.92 Å². The second-order valence-corrected chi connectivity index (χ2v) is 4.19. The zero-order valence-electron chi connectivity index (χ0n) is 7.61. The molecule has 3 nitrogen and oxygen atoms in total. The fraction of sp³-hybridized carbons (Fsp3) is 0.333. The molecule has 0 amide bonds. The van der Waals surface area contributed by atoms with E-state index >= 15 is 0 Å². The van der Waals surface area contributed by atoms with E-state index in [9.17, 15) is 0 Å². The Morgan fingerprint density at radius 3 is 2.85 bits per heavy atom. The first-order valence-electron chi connectivity index (χ1n) is 4.17. The Kier molecular flexibility index (Phi) is 1.92. The topological polar surface area (TPSA) is 51.8 Å². The lowest BCUT2D eigenvalue weighted by Crippen LogP contribution is -1.92. The summed E-state index contributed by atoms with van der Waals surface area (Å²) in [5.41, 5.74) is 6.73. The molecule has 2 heterocycles. The van der Waals surface area contributed by atoms with Crippen molar-refractivity contribution < 1.29 is 0 Å². The number of rotatable bonds is 1. The van der Waals surface area contributed by atoms with Crippen LogP contribution in [-0.2, 0) is 0 Å². The van der Waals surface area contributed by atoms with Crippen LogP contribution in [0.5, 0.6) is 0 Å². The second kappa shape index (κ2) is 2.96. The quantitative estimate of drug-likeness (QED) is 0.756. The predicted molar refractivity (Wildman–Crippen MR) is 55.9 cm³/mol. The number of nitrogens with zero attached hydrogens (tertiary/aromatic N) is 2. The Bertz CT molecular complexity index is 433. The number of nitrogen functional groups attached to an aromatic ring is 1. The first-order valence-corrected chi connectivity index (χ1v) is 5.05. The maximum atomic E-state index is 5.73. The van der Waals surface area contributed by atoms with E-state index in [1.807, 2.05) is 5.38 Å². The van der Waals surface area contributed by atoms with Gasteiger partial charge in [0.05, 0.1) is 10.9 Å². The number of nitrogens with two attached hydrogens (primary N) is 1. The molecule has 2 aromatic rings. The van der Waals surface area contributed by atoms with Gasteiger partial charge in [-0.25, -0.2) is 9.97 Å². The Morgan fingerprint density at radius 1 is 1.38 bits per heavy atom. The molecular formula is C9H11N3S. The lowest BCUT2D eigenvalue weighted by molar-refractivity contribution is 0.893. The van der Waals surface area contributed by atoms with Crippen molar-refractivity contribution in [3.8, 4) is 0 Å². The van der Waals surface area contributed by atoms with Crippen molar-refractivity contribution in [1.82, 2.24) is 9.97 Å². The van der Waals surface area contributed by atoms with Gasteiger partial charge in [0.25, 0.3) is 0 Å². The van der Waals surface area contributed by atoms with Gasteiger partial charge in [0.2, 0.25) is 0 Å². The summed E-state index contributed by atoms with van der Waals surface area (Å²) in [7, 11) is 0. The molecule has 0 unspecified atom stereocenters. The van der Waals surface area contributed by atoms with Gasteiger partial charge in [0, 0.05) is 10.3 Å². The molecule has 0 bridgehead atoms. The Labute approximate surface area is 80.6 Å². The Balaban J connectivity index is 2.75. The average Bonchev–Trinajstić information content (AvgIpc) is 2.48. The molecule has 0 aliphatic rings. The van der Waals surface area contributed by atoms with E-state index < -0.39 is 0 Å². The van der Waals surface area contributed by atoms with Crippen molar-refractivity contribution in [3.63, 3.8) is 0 Å². The summed E-state index contributed by atoms with van der Waals surface area (Å²) < 4.78 is 0. The molecule has 0 aromatic carbocycles. The van der Waals surface area contributed by atoms with E-state index in [0.29, 0.717) is 11.7 Å². The highest BCUT2D eigenvalue weighted by atomic mass is 32.1. The van der Waals surface area contributed by atoms with Gasteiger partial charge in [-0.3, -0.25) is 0 Å². The van der Waals surface area contributed by atoms with Gasteiger partial charge in [0.15, 0.2) is 0 Å². The number of thiophene rings is 1. The fourth-order valence-electron chi connectivity index (χ4n) is 1.31. The number of anilines is 1. The van der Waals surface area contributed by atoms with Crippen molar-refractivity contribution in [3.05, 3.63) is 16.6 Å². The lowest BCUT2D eigenvalue weighted by Gasteiger charge is -2.00. The maximum absolute atomic E-state index is 5.73. The number of fused-ring (bicyclic) bond motifs is 1. The van der Waals surface area contributed by atoms with Crippen molar-refractivity contribution in [1.29, 1.82) is 0 Å². The highest BCUT2D eigenvalue weighted by molar-refractivity contribution is 7.11. The summed E-state index contributed by atoms with van der Waals surface area (Å²) in [4.78, 5) is 9.48. The van der Waals surface area contributed by atoms with E-state index in [-0.39, 0.29) is 0 Å². The maximum Gasteiger partial charge on any atom is 0.135 e. The summed E-state index contributed by atoms with van der Waals surface area (Å²) in [5, 5.41) is 3.01. The van der Waals surface area contributed by atoms with Gasteiger partial charge >= 0.3 is 0 Å². The first kappa shape index (κ1) is 8.44. The third-order valence-electron chi connectivity index (χ3n) is 1.98. The molecule has 0 aliphatic heterocycles. The zero-order chi connectivity index (χ0) is 9.42. The molecule has 2 aromatic heterocycles. The summed E-state index contributed by atoms with van der Waals surface area (Å²) in [6.07, 6.45) is 1.52. The molecule has 0 atom stereocenters. The highest BCUT2D eigenvalue weighted by Crippen LogP contribution is 2.31. The van der Waals surface area contributed by atoms with Crippen molar-refractivity contribution in [2.45, 2.75) is 19.8 Å². The molecule has 0 aliphatic carbocycles. The minimum absolute atomic E-state index is 0.497. The minimum Gasteiger partial charge on any atom is -0.383 e. The van der Waals surface area contributed by atoms with Crippen LogP contribution in [0.25, 0.3) is 10.9 Å². The van der Waals surface area contributed by atoms with Gasteiger partial charge in [-0.2, -0.15) is 0 Å². The molecule has 2 N–H and O–H groups in total. The minimum atomic E-state index is 0.497. The van der Waals surface area contributed by atoms with E-state index in [1.54, 1.807) is 11.3 Å². The molecule has 0 saturated heterocycles. The van der Waals surface area contributed by atoms with E-state index in [1.165, 1.54) is 11.2 Å². The molecule has 0 spiro atoms. The van der Waals surface area contributed by atoms with Gasteiger partial charge in [0.1, 0.15) is 12.1 Å². The summed E-state index contributed by atoms with van der Waals surface area (Å²) in [5.74, 6) is 1.07. The van der Waals surface area contributed by atoms with Gasteiger partial charge < -0.3 is 5.73 Å². The second-order valence-electron chi connectivity index (χ2n) is 3.28. The normalized spacial score (nSPS) is 11.3. The van der Waals surface area contributed by atoms with Crippen LogP contribution < -0.4 is 5.73 Å². The number of hydrogen-bond donors (Lipinski definition) is 1. The van der Waals surface area contributed by atoms with Crippen LogP contribution in [0.3, 0.4) is 0 Å². The van der Waals surface area contributed by atoms with E-state index in [2.05, 4.69) is 23.8 Å². The largest absolute Gasteiger partial charge is 0.383 e. The molecule has 0 fully saturated rings. The highest BCUT2D eigenvalue weighted by Gasteiger charge is 2.10. The predicted octanol–water partition coefficient (Wildman–Crippen LogP) is 2.40. The van der Waals surface area contributed by atoms with Crippen LogP contribution in [0.2, 0.25) is 0 Å². The smallest absolute Gasteiger partial charge is 0.135 e. The summed E-state index contributed by atoms with van der Waals surface area (Å²) in [6.45, 7) is 4.31. The first-order chi connectivity index (χ1) is 6.20. The molecule has 68 valence electrons. The van der Waals surface area contributed by atoms with Crippen molar-refractivity contribution in [2.75, 3.05) is 5.73 Å². The fourth-order valence-corrected chi connectivity index (χ4v) is 2.33. The molecule has 13 heavy (non-hydrogen) atoms. The summed E-state index contributed by atoms with van der Waals surface area (Å²) in [6, 6.07) is 0. The van der Waals surface area contributed by atoms with Crippen LogP contribution in [0, 0.1) is 0 Å².